The average molecular weight is 473 g/mol. The second-order valence-corrected chi connectivity index (χ2v) is 7.79. The van der Waals surface area contributed by atoms with Crippen molar-refractivity contribution in [2.75, 3.05) is 5.73 Å². The van der Waals surface area contributed by atoms with Crippen LogP contribution in [0, 0.1) is 12.7 Å². The molecule has 0 aliphatic carbocycles. The molecule has 0 aliphatic heterocycles. The summed E-state index contributed by atoms with van der Waals surface area (Å²) in [4.78, 5) is 21.5. The Morgan fingerprint density at radius 2 is 1.91 bits per heavy atom. The summed E-state index contributed by atoms with van der Waals surface area (Å²) >= 11 is 0. The Hall–Kier alpha value is -4.22. The van der Waals surface area contributed by atoms with E-state index in [1.807, 2.05) is 6.92 Å². The van der Waals surface area contributed by atoms with Gasteiger partial charge in [0.15, 0.2) is 12.0 Å². The van der Waals surface area contributed by atoms with E-state index in [1.165, 1.54) is 30.7 Å². The van der Waals surface area contributed by atoms with Gasteiger partial charge in [-0.3, -0.25) is 0 Å². The molecule has 5 rings (SSSR count). The highest BCUT2D eigenvalue weighted by Gasteiger charge is 2.30. The number of benzene rings is 2. The lowest BCUT2D eigenvalue weighted by Crippen LogP contribution is -2.44. The molecule has 0 amide bonds. The first-order chi connectivity index (χ1) is 16.1. The summed E-state index contributed by atoms with van der Waals surface area (Å²) in [5, 5.41) is 2.75. The summed E-state index contributed by atoms with van der Waals surface area (Å²) in [6, 6.07) is 8.95. The first-order valence-corrected chi connectivity index (χ1v) is 10.1. The monoisotopic (exact) mass is 473 g/mol. The number of aryl methyl sites for hydroxylation is 2. The normalized spacial score (nSPS) is 12.1. The third kappa shape index (κ3) is 3.66. The van der Waals surface area contributed by atoms with Crippen LogP contribution in [0.25, 0.3) is 39.1 Å². The maximum atomic E-state index is 13.6. The number of anilines is 1. The molecule has 0 fully saturated rings. The molecule has 174 valence electrons. The van der Waals surface area contributed by atoms with Crippen LogP contribution >= 0.6 is 0 Å². The van der Waals surface area contributed by atoms with E-state index in [2.05, 4.69) is 15.1 Å². The highest BCUT2D eigenvalue weighted by Crippen LogP contribution is 2.35. The van der Waals surface area contributed by atoms with Crippen LogP contribution in [0.1, 0.15) is 12.0 Å². The van der Waals surface area contributed by atoms with Crippen molar-refractivity contribution in [1.29, 1.82) is 0 Å². The van der Waals surface area contributed by atoms with Crippen LogP contribution in [-0.2, 0) is 6.54 Å². The number of fused-ring (bicyclic) bond motifs is 2. The molecular formula is C22H17F4N6O2+. The number of nitrogen functional groups attached to an aromatic ring is 1. The van der Waals surface area contributed by atoms with Crippen LogP contribution in [0.5, 0.6) is 0 Å². The lowest BCUT2D eigenvalue weighted by Gasteiger charge is -2.09. The van der Waals surface area contributed by atoms with Gasteiger partial charge < -0.3 is 10.2 Å². The molecule has 3 aromatic heterocycles. The number of aromatic nitrogens is 5. The van der Waals surface area contributed by atoms with E-state index in [0.29, 0.717) is 33.5 Å². The maximum Gasteiger partial charge on any atom is 0.428 e. The Labute approximate surface area is 188 Å². The van der Waals surface area contributed by atoms with Gasteiger partial charge in [0, 0.05) is 5.56 Å². The van der Waals surface area contributed by atoms with Gasteiger partial charge in [0.1, 0.15) is 17.0 Å². The standard InChI is InChI=1S/C22H16F4N6O2/c1-11-8-13(9-15-17(11)28-10-34-15)16-18(12-2-4-14(23)5-3-12)29-20(27)32-19(16)30-31(21(32)33)7-6-22(24,25)26/h2-5,8-10H,6-7H2,1H3,(H2,27,29,30)/p+1. The van der Waals surface area contributed by atoms with Gasteiger partial charge >= 0.3 is 17.8 Å². The van der Waals surface area contributed by atoms with Gasteiger partial charge in [0.25, 0.3) is 0 Å². The van der Waals surface area contributed by atoms with Crippen molar-refractivity contribution >= 4 is 22.7 Å². The molecule has 0 radical (unpaired) electrons. The minimum absolute atomic E-state index is 0.136. The van der Waals surface area contributed by atoms with Crippen molar-refractivity contribution in [3.05, 3.63) is 64.7 Å². The highest BCUT2D eigenvalue weighted by atomic mass is 19.4. The summed E-state index contributed by atoms with van der Waals surface area (Å²) in [7, 11) is 0. The number of aromatic amines is 1. The molecular weight excluding hydrogens is 456 g/mol. The summed E-state index contributed by atoms with van der Waals surface area (Å²) < 4.78 is 59.3. The minimum atomic E-state index is -4.46. The number of hydrogen-bond donors (Lipinski definition) is 2. The number of nitrogens with one attached hydrogen (secondary N) is 1. The van der Waals surface area contributed by atoms with Gasteiger partial charge in [0.2, 0.25) is 5.65 Å². The molecule has 5 aromatic rings. The first kappa shape index (κ1) is 21.6. The number of alkyl halides is 3. The third-order valence-electron chi connectivity index (χ3n) is 5.47. The van der Waals surface area contributed by atoms with Crippen molar-refractivity contribution in [3.8, 4) is 22.4 Å². The fraction of sp³-hybridized carbons (Fsp3) is 0.182. The number of hydrogen-bond acceptors (Lipinski definition) is 5. The summed E-state index contributed by atoms with van der Waals surface area (Å²) in [6.45, 7) is 1.19. The number of rotatable bonds is 4. The predicted molar refractivity (Wildman–Crippen MR) is 114 cm³/mol. The number of nitrogens with zero attached hydrogens (tertiary/aromatic N) is 4. The van der Waals surface area contributed by atoms with Crippen LogP contribution < -0.4 is 15.8 Å². The second-order valence-electron chi connectivity index (χ2n) is 7.79. The average Bonchev–Trinajstić information content (AvgIpc) is 3.37. The number of oxazole rings is 1. The second kappa shape index (κ2) is 7.68. The van der Waals surface area contributed by atoms with Gasteiger partial charge in [0.05, 0.1) is 18.5 Å². The molecule has 3 N–H and O–H groups in total. The molecule has 0 saturated carbocycles. The summed E-state index contributed by atoms with van der Waals surface area (Å²) in [5.41, 5.74) is 9.00. The quantitative estimate of drug-likeness (QED) is 0.305. The Balaban J connectivity index is 1.83. The van der Waals surface area contributed by atoms with Crippen LogP contribution in [0.4, 0.5) is 23.5 Å². The summed E-state index contributed by atoms with van der Waals surface area (Å²) in [6.07, 6.45) is -4.37. The van der Waals surface area contributed by atoms with Crippen molar-refractivity contribution in [2.45, 2.75) is 26.1 Å². The van der Waals surface area contributed by atoms with E-state index in [9.17, 15) is 22.4 Å². The SMILES string of the molecule is Cc1cc(-c2c(-c3ccc(F)cc3)nc(N)[n+]3c(=O)n(CCC(F)(F)F)[nH]c23)cc2ocnc12. The zero-order valence-electron chi connectivity index (χ0n) is 17.7. The van der Waals surface area contributed by atoms with Gasteiger partial charge in [-0.15, -0.1) is 9.38 Å². The van der Waals surface area contributed by atoms with E-state index in [4.69, 9.17) is 10.2 Å². The molecule has 3 heterocycles. The van der Waals surface area contributed by atoms with Crippen molar-refractivity contribution < 1.29 is 26.4 Å². The van der Waals surface area contributed by atoms with Crippen LogP contribution in [0.2, 0.25) is 0 Å². The fourth-order valence-corrected chi connectivity index (χ4v) is 3.92. The molecule has 34 heavy (non-hydrogen) atoms. The number of H-pyrrole nitrogens is 1. The lowest BCUT2D eigenvalue weighted by molar-refractivity contribution is -0.516. The molecule has 0 saturated heterocycles. The predicted octanol–water partition coefficient (Wildman–Crippen LogP) is 3.77. The van der Waals surface area contributed by atoms with Crippen molar-refractivity contribution in [3.63, 3.8) is 0 Å². The first-order valence-electron chi connectivity index (χ1n) is 10.1. The van der Waals surface area contributed by atoms with Gasteiger partial charge in [-0.25, -0.2) is 19.3 Å². The lowest BCUT2D eigenvalue weighted by atomic mass is 9.98. The smallest absolute Gasteiger partial charge is 0.428 e. The zero-order valence-corrected chi connectivity index (χ0v) is 17.7. The topological polar surface area (TPSA) is 107 Å². The Bertz CT molecular complexity index is 1600. The maximum absolute atomic E-state index is 13.6. The summed E-state index contributed by atoms with van der Waals surface area (Å²) in [5.74, 6) is -0.693. The molecule has 0 aliphatic rings. The fourth-order valence-electron chi connectivity index (χ4n) is 3.92. The Morgan fingerprint density at radius 3 is 2.62 bits per heavy atom. The van der Waals surface area contributed by atoms with Crippen LogP contribution in [-0.4, -0.2) is 25.9 Å². The van der Waals surface area contributed by atoms with E-state index in [-0.39, 0.29) is 11.6 Å². The third-order valence-corrected chi connectivity index (χ3v) is 5.47. The van der Waals surface area contributed by atoms with E-state index >= 15 is 0 Å². The molecule has 0 bridgehead atoms. The largest absolute Gasteiger partial charge is 0.443 e. The molecule has 0 atom stereocenters. The van der Waals surface area contributed by atoms with Crippen LogP contribution in [0.15, 0.2) is 52.0 Å². The van der Waals surface area contributed by atoms with Crippen molar-refractivity contribution in [1.82, 2.24) is 19.7 Å². The Morgan fingerprint density at radius 1 is 1.18 bits per heavy atom. The van der Waals surface area contributed by atoms with Gasteiger partial charge in [-0.2, -0.15) is 17.9 Å². The van der Waals surface area contributed by atoms with E-state index in [1.54, 1.807) is 12.1 Å². The van der Waals surface area contributed by atoms with E-state index in [0.717, 1.165) is 14.6 Å². The molecule has 12 heteroatoms. The molecule has 2 aromatic carbocycles. The van der Waals surface area contributed by atoms with E-state index < -0.39 is 30.6 Å². The number of nitrogens with two attached hydrogens (primary N) is 1. The van der Waals surface area contributed by atoms with Crippen LogP contribution in [0.3, 0.4) is 0 Å². The molecule has 0 spiro atoms. The molecule has 0 unspecified atom stereocenters. The van der Waals surface area contributed by atoms with Gasteiger partial charge in [-0.1, -0.05) is 0 Å². The highest BCUT2D eigenvalue weighted by molar-refractivity contribution is 5.92. The Kier molecular flexibility index (Phi) is 4.88. The zero-order chi connectivity index (χ0) is 24.2. The number of halogens is 4. The van der Waals surface area contributed by atoms with Gasteiger partial charge in [-0.05, 0) is 54.4 Å². The molecule has 8 nitrogen and oxygen atoms in total. The van der Waals surface area contributed by atoms with Crippen molar-refractivity contribution in [2.24, 2.45) is 0 Å². The minimum Gasteiger partial charge on any atom is -0.443 e.